The predicted octanol–water partition coefficient (Wildman–Crippen LogP) is 3.63. The number of aromatic nitrogens is 1. The van der Waals surface area contributed by atoms with E-state index >= 15 is 0 Å². The maximum absolute atomic E-state index is 13.5. The number of rotatable bonds is 6. The maximum atomic E-state index is 13.5. The Labute approximate surface area is 125 Å². The summed E-state index contributed by atoms with van der Waals surface area (Å²) in [4.78, 5) is 4.48. The van der Waals surface area contributed by atoms with Gasteiger partial charge in [-0.25, -0.2) is 4.39 Å². The van der Waals surface area contributed by atoms with E-state index in [1.807, 2.05) is 18.3 Å². The highest BCUT2D eigenvalue weighted by Gasteiger charge is 2.20. The molecule has 2 nitrogen and oxygen atoms in total. The summed E-state index contributed by atoms with van der Waals surface area (Å²) >= 11 is 0. The normalized spacial score (nSPS) is 14.4. The Morgan fingerprint density at radius 3 is 2.71 bits per heavy atom. The fourth-order valence-electron chi connectivity index (χ4n) is 2.44. The monoisotopic (exact) mass is 284 g/mol. The van der Waals surface area contributed by atoms with Crippen LogP contribution < -0.4 is 5.32 Å². The van der Waals surface area contributed by atoms with Crippen molar-refractivity contribution in [2.45, 2.75) is 45.2 Å². The molecule has 0 amide bonds. The molecule has 1 aliphatic carbocycles. The van der Waals surface area contributed by atoms with Crippen molar-refractivity contribution in [1.82, 2.24) is 10.3 Å². The SMILES string of the molecule is CCc1ccc(Cc2cc(F)ccc2CNC2CC2)nc1. The molecule has 1 N–H and O–H groups in total. The summed E-state index contributed by atoms with van der Waals surface area (Å²) in [5, 5.41) is 3.49. The molecule has 0 spiro atoms. The largest absolute Gasteiger partial charge is 0.310 e. The molecule has 110 valence electrons. The minimum Gasteiger partial charge on any atom is -0.310 e. The lowest BCUT2D eigenvalue weighted by Crippen LogP contribution is -2.16. The van der Waals surface area contributed by atoms with E-state index in [4.69, 9.17) is 0 Å². The number of hydrogen-bond donors (Lipinski definition) is 1. The predicted molar refractivity (Wildman–Crippen MR) is 82.7 cm³/mol. The van der Waals surface area contributed by atoms with Crippen molar-refractivity contribution < 1.29 is 4.39 Å². The van der Waals surface area contributed by atoms with Gasteiger partial charge in [0.25, 0.3) is 0 Å². The number of aryl methyl sites for hydroxylation is 1. The van der Waals surface area contributed by atoms with Gasteiger partial charge in [0.2, 0.25) is 0 Å². The van der Waals surface area contributed by atoms with Gasteiger partial charge in [-0.2, -0.15) is 0 Å². The molecule has 0 saturated heterocycles. The molecule has 1 fully saturated rings. The van der Waals surface area contributed by atoms with E-state index in [-0.39, 0.29) is 5.82 Å². The zero-order valence-corrected chi connectivity index (χ0v) is 12.4. The highest BCUT2D eigenvalue weighted by molar-refractivity contribution is 5.32. The number of nitrogens with zero attached hydrogens (tertiary/aromatic N) is 1. The van der Waals surface area contributed by atoms with Crippen molar-refractivity contribution >= 4 is 0 Å². The van der Waals surface area contributed by atoms with Gasteiger partial charge in [-0.15, -0.1) is 0 Å². The summed E-state index contributed by atoms with van der Waals surface area (Å²) in [6.45, 7) is 2.93. The lowest BCUT2D eigenvalue weighted by molar-refractivity contribution is 0.621. The molecule has 1 aliphatic rings. The standard InChI is InChI=1S/C18H21FN2/c1-2-13-3-6-18(20-11-13)10-15-9-16(19)5-4-14(15)12-21-17-7-8-17/h3-6,9,11,17,21H,2,7-8,10,12H2,1H3. The van der Waals surface area contributed by atoms with Crippen LogP contribution >= 0.6 is 0 Å². The Balaban J connectivity index is 1.76. The molecule has 1 aromatic carbocycles. The first-order valence-corrected chi connectivity index (χ1v) is 7.69. The van der Waals surface area contributed by atoms with Crippen LogP contribution in [0.25, 0.3) is 0 Å². The molecule has 0 aliphatic heterocycles. The average molecular weight is 284 g/mol. The van der Waals surface area contributed by atoms with E-state index in [0.29, 0.717) is 12.5 Å². The molecule has 0 bridgehead atoms. The van der Waals surface area contributed by atoms with Crippen molar-refractivity contribution in [3.8, 4) is 0 Å². The molecule has 0 unspecified atom stereocenters. The second-order valence-electron chi connectivity index (χ2n) is 5.76. The lowest BCUT2D eigenvalue weighted by atomic mass is 10.0. The summed E-state index contributed by atoms with van der Waals surface area (Å²) in [5.41, 5.74) is 4.42. The Kier molecular flexibility index (Phi) is 4.30. The Bertz CT molecular complexity index is 603. The van der Waals surface area contributed by atoms with Gasteiger partial charge in [-0.05, 0) is 54.2 Å². The van der Waals surface area contributed by atoms with Gasteiger partial charge in [-0.3, -0.25) is 4.98 Å². The lowest BCUT2D eigenvalue weighted by Gasteiger charge is -2.11. The number of hydrogen-bond acceptors (Lipinski definition) is 2. The van der Waals surface area contributed by atoms with Crippen LogP contribution in [0.15, 0.2) is 36.5 Å². The van der Waals surface area contributed by atoms with Crippen LogP contribution in [0.2, 0.25) is 0 Å². The van der Waals surface area contributed by atoms with E-state index in [0.717, 1.165) is 24.2 Å². The first kappa shape index (κ1) is 14.2. The average Bonchev–Trinajstić information content (AvgIpc) is 3.31. The summed E-state index contributed by atoms with van der Waals surface area (Å²) in [6, 6.07) is 9.87. The first-order chi connectivity index (χ1) is 10.2. The van der Waals surface area contributed by atoms with Gasteiger partial charge in [0.15, 0.2) is 0 Å². The van der Waals surface area contributed by atoms with Crippen molar-refractivity contribution in [2.24, 2.45) is 0 Å². The van der Waals surface area contributed by atoms with Crippen LogP contribution in [-0.4, -0.2) is 11.0 Å². The summed E-state index contributed by atoms with van der Waals surface area (Å²) in [6.07, 6.45) is 6.11. The number of pyridine rings is 1. The van der Waals surface area contributed by atoms with E-state index in [9.17, 15) is 4.39 Å². The van der Waals surface area contributed by atoms with Crippen LogP contribution in [-0.2, 0) is 19.4 Å². The minimum absolute atomic E-state index is 0.176. The molecule has 1 saturated carbocycles. The molecule has 3 rings (SSSR count). The summed E-state index contributed by atoms with van der Waals surface area (Å²) in [5.74, 6) is -0.176. The molecule has 2 aromatic rings. The molecule has 21 heavy (non-hydrogen) atoms. The molecule has 1 aromatic heterocycles. The molecule has 3 heteroatoms. The van der Waals surface area contributed by atoms with Gasteiger partial charge in [0.1, 0.15) is 5.82 Å². The second kappa shape index (κ2) is 6.35. The Morgan fingerprint density at radius 1 is 1.19 bits per heavy atom. The van der Waals surface area contributed by atoms with Gasteiger partial charge < -0.3 is 5.32 Å². The third kappa shape index (κ3) is 3.88. The number of halogens is 1. The van der Waals surface area contributed by atoms with Crippen molar-refractivity contribution in [2.75, 3.05) is 0 Å². The van der Waals surface area contributed by atoms with Crippen LogP contribution in [0, 0.1) is 5.82 Å². The van der Waals surface area contributed by atoms with Crippen molar-refractivity contribution in [3.05, 3.63) is 64.7 Å². The molecular weight excluding hydrogens is 263 g/mol. The molecule has 0 radical (unpaired) electrons. The summed E-state index contributed by atoms with van der Waals surface area (Å²) in [7, 11) is 0. The topological polar surface area (TPSA) is 24.9 Å². The molecule has 0 atom stereocenters. The highest BCUT2D eigenvalue weighted by atomic mass is 19.1. The van der Waals surface area contributed by atoms with Crippen LogP contribution in [0.1, 0.15) is 42.1 Å². The van der Waals surface area contributed by atoms with Crippen molar-refractivity contribution in [3.63, 3.8) is 0 Å². The summed E-state index contributed by atoms with van der Waals surface area (Å²) < 4.78 is 13.5. The zero-order valence-electron chi connectivity index (χ0n) is 12.4. The third-order valence-electron chi connectivity index (χ3n) is 3.99. The van der Waals surface area contributed by atoms with Gasteiger partial charge in [0, 0.05) is 30.9 Å². The smallest absolute Gasteiger partial charge is 0.123 e. The van der Waals surface area contributed by atoms with Crippen LogP contribution in [0.5, 0.6) is 0 Å². The second-order valence-corrected chi connectivity index (χ2v) is 5.76. The van der Waals surface area contributed by atoms with Crippen LogP contribution in [0.3, 0.4) is 0 Å². The van der Waals surface area contributed by atoms with E-state index in [1.165, 1.54) is 24.0 Å². The minimum atomic E-state index is -0.176. The first-order valence-electron chi connectivity index (χ1n) is 7.69. The van der Waals surface area contributed by atoms with E-state index in [1.54, 1.807) is 12.1 Å². The quantitative estimate of drug-likeness (QED) is 0.876. The molecular formula is C18H21FN2. The fourth-order valence-corrected chi connectivity index (χ4v) is 2.44. The number of nitrogens with one attached hydrogen (secondary N) is 1. The van der Waals surface area contributed by atoms with Gasteiger partial charge in [0.05, 0.1) is 0 Å². The van der Waals surface area contributed by atoms with Crippen molar-refractivity contribution in [1.29, 1.82) is 0 Å². The highest BCUT2D eigenvalue weighted by Crippen LogP contribution is 2.21. The zero-order chi connectivity index (χ0) is 14.7. The Hall–Kier alpha value is -1.74. The maximum Gasteiger partial charge on any atom is 0.123 e. The van der Waals surface area contributed by atoms with E-state index < -0.39 is 0 Å². The Morgan fingerprint density at radius 2 is 2.05 bits per heavy atom. The third-order valence-corrected chi connectivity index (χ3v) is 3.99. The van der Waals surface area contributed by atoms with Crippen LogP contribution in [0.4, 0.5) is 4.39 Å². The van der Waals surface area contributed by atoms with Gasteiger partial charge >= 0.3 is 0 Å². The van der Waals surface area contributed by atoms with E-state index in [2.05, 4.69) is 23.3 Å². The number of benzene rings is 1. The van der Waals surface area contributed by atoms with Gasteiger partial charge in [-0.1, -0.05) is 19.1 Å². The molecule has 1 heterocycles. The fraction of sp³-hybridized carbons (Fsp3) is 0.389.